The summed E-state index contributed by atoms with van der Waals surface area (Å²) in [6.45, 7) is 1.25. The maximum Gasteiger partial charge on any atom is 0.349 e. The van der Waals surface area contributed by atoms with Crippen molar-refractivity contribution in [1.82, 2.24) is 10.6 Å². The number of halogens is 1. The topological polar surface area (TPSA) is 80.6 Å². The third kappa shape index (κ3) is 2.85. The second kappa shape index (κ2) is 6.08. The van der Waals surface area contributed by atoms with Crippen molar-refractivity contribution in [1.29, 1.82) is 0 Å². The molecule has 2 atom stereocenters. The molecule has 1 amide bonds. The van der Waals surface area contributed by atoms with E-state index in [4.69, 9.17) is 20.8 Å². The molecule has 7 heteroatoms. The Kier molecular flexibility index (Phi) is 4.15. The molecular weight excluding hydrogens is 308 g/mol. The second-order valence-corrected chi connectivity index (χ2v) is 5.58. The lowest BCUT2D eigenvalue weighted by Gasteiger charge is -2.18. The van der Waals surface area contributed by atoms with E-state index in [1.165, 1.54) is 6.07 Å². The summed E-state index contributed by atoms with van der Waals surface area (Å²) in [5.41, 5.74) is -0.327. The summed E-state index contributed by atoms with van der Waals surface area (Å²) < 4.78 is 10.4. The summed E-state index contributed by atoms with van der Waals surface area (Å²) in [6, 6.07) is 6.17. The van der Waals surface area contributed by atoms with E-state index in [0.29, 0.717) is 29.1 Å². The van der Waals surface area contributed by atoms with Crippen molar-refractivity contribution in [2.45, 2.75) is 12.1 Å². The molecular formula is C15H15ClN2O4. The average molecular weight is 323 g/mol. The lowest BCUT2D eigenvalue weighted by Crippen LogP contribution is -2.44. The maximum atomic E-state index is 12.3. The molecule has 1 saturated heterocycles. The minimum absolute atomic E-state index is 0.0449. The van der Waals surface area contributed by atoms with Gasteiger partial charge in [0.25, 0.3) is 5.91 Å². The first-order valence-corrected chi connectivity index (χ1v) is 7.24. The van der Waals surface area contributed by atoms with Gasteiger partial charge in [0.1, 0.15) is 11.1 Å². The van der Waals surface area contributed by atoms with Crippen LogP contribution in [0.25, 0.3) is 11.0 Å². The van der Waals surface area contributed by atoms with Gasteiger partial charge in [-0.1, -0.05) is 11.6 Å². The Morgan fingerprint density at radius 2 is 2.23 bits per heavy atom. The molecule has 1 aliphatic heterocycles. The van der Waals surface area contributed by atoms with Crippen LogP contribution in [-0.4, -0.2) is 38.3 Å². The highest BCUT2D eigenvalue weighted by atomic mass is 35.5. The molecule has 22 heavy (non-hydrogen) atoms. The van der Waals surface area contributed by atoms with Crippen molar-refractivity contribution in [3.05, 3.63) is 45.3 Å². The van der Waals surface area contributed by atoms with E-state index in [-0.39, 0.29) is 17.7 Å². The first-order valence-electron chi connectivity index (χ1n) is 6.86. The summed E-state index contributed by atoms with van der Waals surface area (Å²) in [6.07, 6.45) is -0.120. The molecule has 0 radical (unpaired) electrons. The van der Waals surface area contributed by atoms with Gasteiger partial charge in [0.05, 0.1) is 12.1 Å². The monoisotopic (exact) mass is 322 g/mol. The third-order valence-corrected chi connectivity index (χ3v) is 3.95. The standard InChI is InChI=1S/C15H15ClN2O4/c1-21-13-7-17-6-11(13)18-14(19)10-5-8-4-9(16)2-3-12(8)22-15(10)20/h2-5,11,13,17H,6-7H2,1H3,(H,18,19)/t11-,13-/m0/s1. The summed E-state index contributed by atoms with van der Waals surface area (Å²) in [4.78, 5) is 24.3. The van der Waals surface area contributed by atoms with Crippen molar-refractivity contribution in [2.24, 2.45) is 0 Å². The largest absolute Gasteiger partial charge is 0.422 e. The summed E-state index contributed by atoms with van der Waals surface area (Å²) in [7, 11) is 1.59. The fourth-order valence-electron chi connectivity index (χ4n) is 2.55. The Labute approximate surface area is 131 Å². The lowest BCUT2D eigenvalue weighted by molar-refractivity contribution is 0.0777. The van der Waals surface area contributed by atoms with Crippen LogP contribution in [0.3, 0.4) is 0 Å². The van der Waals surface area contributed by atoms with E-state index in [1.54, 1.807) is 25.3 Å². The van der Waals surface area contributed by atoms with Crippen LogP contribution in [0.2, 0.25) is 5.02 Å². The van der Waals surface area contributed by atoms with Crippen molar-refractivity contribution in [3.63, 3.8) is 0 Å². The van der Waals surface area contributed by atoms with Gasteiger partial charge in [-0.05, 0) is 24.3 Å². The summed E-state index contributed by atoms with van der Waals surface area (Å²) in [5, 5.41) is 7.03. The Morgan fingerprint density at radius 1 is 1.41 bits per heavy atom. The molecule has 2 heterocycles. The third-order valence-electron chi connectivity index (χ3n) is 3.72. The van der Waals surface area contributed by atoms with Crippen LogP contribution < -0.4 is 16.3 Å². The SMILES string of the molecule is CO[C@H]1CNC[C@@H]1NC(=O)c1cc2cc(Cl)ccc2oc1=O. The molecule has 3 rings (SSSR count). The van der Waals surface area contributed by atoms with Crippen LogP contribution in [0.15, 0.2) is 33.5 Å². The smallest absolute Gasteiger partial charge is 0.349 e. The molecule has 0 spiro atoms. The second-order valence-electron chi connectivity index (χ2n) is 5.14. The predicted octanol–water partition coefficient (Wildman–Crippen LogP) is 1.16. The fraction of sp³-hybridized carbons (Fsp3) is 0.333. The molecule has 116 valence electrons. The number of benzene rings is 1. The molecule has 6 nitrogen and oxygen atoms in total. The van der Waals surface area contributed by atoms with Gasteiger partial charge in [0.15, 0.2) is 0 Å². The number of hydrogen-bond acceptors (Lipinski definition) is 5. The Balaban J connectivity index is 1.90. The number of carbonyl (C=O) groups excluding carboxylic acids is 1. The highest BCUT2D eigenvalue weighted by Crippen LogP contribution is 2.19. The molecule has 1 aromatic heterocycles. The van der Waals surface area contributed by atoms with Crippen LogP contribution in [0.4, 0.5) is 0 Å². The minimum Gasteiger partial charge on any atom is -0.422 e. The number of rotatable bonds is 3. The number of amides is 1. The first-order chi connectivity index (χ1) is 10.6. The van der Waals surface area contributed by atoms with Gasteiger partial charge in [0.2, 0.25) is 0 Å². The summed E-state index contributed by atoms with van der Waals surface area (Å²) >= 11 is 5.92. The highest BCUT2D eigenvalue weighted by molar-refractivity contribution is 6.31. The van der Waals surface area contributed by atoms with Crippen LogP contribution in [0, 0.1) is 0 Å². The number of fused-ring (bicyclic) bond motifs is 1. The molecule has 0 aliphatic carbocycles. The number of carbonyl (C=O) groups is 1. The fourth-order valence-corrected chi connectivity index (χ4v) is 2.73. The predicted molar refractivity (Wildman–Crippen MR) is 82.4 cm³/mol. The van der Waals surface area contributed by atoms with Crippen molar-refractivity contribution in [3.8, 4) is 0 Å². The molecule has 0 saturated carbocycles. The molecule has 0 unspecified atom stereocenters. The highest BCUT2D eigenvalue weighted by Gasteiger charge is 2.29. The molecule has 1 fully saturated rings. The van der Waals surface area contributed by atoms with E-state index in [2.05, 4.69) is 10.6 Å². The molecule has 2 aromatic rings. The molecule has 0 bridgehead atoms. The quantitative estimate of drug-likeness (QED) is 0.829. The number of hydrogen-bond donors (Lipinski definition) is 2. The molecule has 1 aliphatic rings. The van der Waals surface area contributed by atoms with Crippen LogP contribution >= 0.6 is 11.6 Å². The van der Waals surface area contributed by atoms with E-state index in [1.807, 2.05) is 0 Å². The zero-order chi connectivity index (χ0) is 15.7. The number of ether oxygens (including phenoxy) is 1. The maximum absolute atomic E-state index is 12.3. The Morgan fingerprint density at radius 3 is 3.00 bits per heavy atom. The van der Waals surface area contributed by atoms with Gasteiger partial charge >= 0.3 is 5.63 Å². The minimum atomic E-state index is -0.674. The van der Waals surface area contributed by atoms with Crippen LogP contribution in [-0.2, 0) is 4.74 Å². The van der Waals surface area contributed by atoms with Crippen LogP contribution in [0.5, 0.6) is 0 Å². The van der Waals surface area contributed by atoms with E-state index in [0.717, 1.165) is 0 Å². The summed E-state index contributed by atoms with van der Waals surface area (Å²) in [5.74, 6) is -0.480. The Bertz CT molecular complexity index is 774. The first kappa shape index (κ1) is 15.0. The average Bonchev–Trinajstić information content (AvgIpc) is 2.94. The van der Waals surface area contributed by atoms with E-state index in [9.17, 15) is 9.59 Å². The molecule has 1 aromatic carbocycles. The normalized spacial score (nSPS) is 21.2. The van der Waals surface area contributed by atoms with E-state index >= 15 is 0 Å². The van der Waals surface area contributed by atoms with Gasteiger partial charge < -0.3 is 19.8 Å². The Hall–Kier alpha value is -1.89. The van der Waals surface area contributed by atoms with Crippen LogP contribution in [0.1, 0.15) is 10.4 Å². The lowest BCUT2D eigenvalue weighted by atomic mass is 10.1. The number of methoxy groups -OCH3 is 1. The van der Waals surface area contributed by atoms with Gasteiger partial charge in [-0.25, -0.2) is 4.79 Å². The van der Waals surface area contributed by atoms with Gasteiger partial charge in [-0.3, -0.25) is 4.79 Å². The van der Waals surface area contributed by atoms with Gasteiger partial charge in [0, 0.05) is 30.6 Å². The van der Waals surface area contributed by atoms with Crippen molar-refractivity contribution < 1.29 is 13.9 Å². The van der Waals surface area contributed by atoms with Gasteiger partial charge in [-0.15, -0.1) is 0 Å². The van der Waals surface area contributed by atoms with Crippen molar-refractivity contribution in [2.75, 3.05) is 20.2 Å². The van der Waals surface area contributed by atoms with Crippen molar-refractivity contribution >= 4 is 28.5 Å². The molecule has 2 N–H and O–H groups in total. The van der Waals surface area contributed by atoms with Gasteiger partial charge in [-0.2, -0.15) is 0 Å². The number of nitrogens with one attached hydrogen (secondary N) is 2. The van der Waals surface area contributed by atoms with E-state index < -0.39 is 11.5 Å². The zero-order valence-electron chi connectivity index (χ0n) is 11.9. The zero-order valence-corrected chi connectivity index (χ0v) is 12.6.